The van der Waals surface area contributed by atoms with Crippen LogP contribution in [0.25, 0.3) is 0 Å². The normalized spacial score (nSPS) is 14.0. The largest absolute Gasteiger partial charge is 0.472 e. The Bertz CT molecular complexity index is 1710. The molecule has 17 nitrogen and oxygen atoms in total. The minimum absolute atomic E-state index is 0.107. The summed E-state index contributed by atoms with van der Waals surface area (Å²) in [7, 11) is -9.89. The van der Waals surface area contributed by atoms with Crippen LogP contribution < -0.4 is 0 Å². The first-order chi connectivity index (χ1) is 43.2. The number of hydrogen-bond donors (Lipinski definition) is 3. The highest BCUT2D eigenvalue weighted by molar-refractivity contribution is 7.47. The van der Waals surface area contributed by atoms with Gasteiger partial charge in [0.15, 0.2) is 12.2 Å². The van der Waals surface area contributed by atoms with E-state index < -0.39 is 97.5 Å². The minimum atomic E-state index is -4.95. The molecule has 0 rings (SSSR count). The van der Waals surface area contributed by atoms with E-state index in [9.17, 15) is 43.2 Å². The SMILES string of the molecule is CCCCCCCCCCCCCCCCCCCCC(=O)O[C@H](COC(=O)CCCCCCCCCCCCCCC)COP(=O)(O)OC[C@@H](O)COP(=O)(O)OC[C@@H](COC(=O)CCCCCCCCC)OC(=O)CCCCCCCCCCCCC. The molecule has 3 N–H and O–H groups in total. The molecule has 528 valence electrons. The van der Waals surface area contributed by atoms with Crippen molar-refractivity contribution in [1.29, 1.82) is 0 Å². The number of hydrogen-bond acceptors (Lipinski definition) is 15. The molecule has 0 spiro atoms. The Morgan fingerprint density at radius 3 is 0.663 bits per heavy atom. The Morgan fingerprint density at radius 2 is 0.449 bits per heavy atom. The Hall–Kier alpha value is -1.94. The molecule has 0 aromatic rings. The van der Waals surface area contributed by atoms with Crippen molar-refractivity contribution >= 4 is 39.5 Å². The molecule has 0 fully saturated rings. The maximum atomic E-state index is 13.0. The molecule has 0 aliphatic heterocycles. The van der Waals surface area contributed by atoms with Crippen molar-refractivity contribution in [1.82, 2.24) is 0 Å². The van der Waals surface area contributed by atoms with E-state index >= 15 is 0 Å². The molecular weight excluding hydrogens is 1170 g/mol. The van der Waals surface area contributed by atoms with E-state index in [4.69, 9.17) is 37.0 Å². The second kappa shape index (κ2) is 64.8. The number of aliphatic hydroxyl groups excluding tert-OH is 1. The van der Waals surface area contributed by atoms with Gasteiger partial charge in [-0.15, -0.1) is 0 Å². The molecule has 0 amide bonds. The fourth-order valence-corrected chi connectivity index (χ4v) is 12.3. The van der Waals surface area contributed by atoms with Gasteiger partial charge in [0, 0.05) is 25.7 Å². The van der Waals surface area contributed by atoms with Crippen LogP contribution in [0.5, 0.6) is 0 Å². The van der Waals surface area contributed by atoms with E-state index in [0.717, 1.165) is 103 Å². The van der Waals surface area contributed by atoms with Gasteiger partial charge < -0.3 is 33.8 Å². The van der Waals surface area contributed by atoms with Gasteiger partial charge in [-0.05, 0) is 25.7 Å². The predicted octanol–water partition coefficient (Wildman–Crippen LogP) is 20.3. The quantitative estimate of drug-likeness (QED) is 0.0222. The number of ether oxygens (including phenoxy) is 4. The average Bonchev–Trinajstić information content (AvgIpc) is 3.73. The van der Waals surface area contributed by atoms with Crippen molar-refractivity contribution < 1.29 is 80.2 Å². The van der Waals surface area contributed by atoms with Crippen LogP contribution in [0.1, 0.15) is 368 Å². The molecule has 0 aromatic carbocycles. The Morgan fingerprint density at radius 1 is 0.270 bits per heavy atom. The molecule has 19 heteroatoms. The Labute approximate surface area is 543 Å². The molecule has 0 radical (unpaired) electrons. The van der Waals surface area contributed by atoms with Crippen molar-refractivity contribution in [3.05, 3.63) is 0 Å². The summed E-state index contributed by atoms with van der Waals surface area (Å²) >= 11 is 0. The number of esters is 4. The van der Waals surface area contributed by atoms with Crippen molar-refractivity contribution in [3.63, 3.8) is 0 Å². The summed E-state index contributed by atoms with van der Waals surface area (Å²) in [4.78, 5) is 72.4. The lowest BCUT2D eigenvalue weighted by Crippen LogP contribution is -2.30. The predicted molar refractivity (Wildman–Crippen MR) is 359 cm³/mol. The molecule has 2 unspecified atom stereocenters. The minimum Gasteiger partial charge on any atom is -0.462 e. The van der Waals surface area contributed by atoms with Gasteiger partial charge >= 0.3 is 39.5 Å². The zero-order valence-corrected chi connectivity index (χ0v) is 59.2. The van der Waals surface area contributed by atoms with Crippen molar-refractivity contribution in [3.8, 4) is 0 Å². The van der Waals surface area contributed by atoms with Crippen LogP contribution in [0.3, 0.4) is 0 Å². The summed E-state index contributed by atoms with van der Waals surface area (Å²) in [6, 6.07) is 0. The second-order valence-corrected chi connectivity index (χ2v) is 28.2. The third kappa shape index (κ3) is 64.6. The van der Waals surface area contributed by atoms with Gasteiger partial charge in [0.25, 0.3) is 0 Å². The van der Waals surface area contributed by atoms with E-state index in [1.807, 2.05) is 0 Å². The van der Waals surface area contributed by atoms with Crippen molar-refractivity contribution in [2.45, 2.75) is 386 Å². The molecule has 5 atom stereocenters. The van der Waals surface area contributed by atoms with Crippen molar-refractivity contribution in [2.75, 3.05) is 39.6 Å². The Balaban J connectivity index is 5.18. The average molecular weight is 1310 g/mol. The van der Waals surface area contributed by atoms with Gasteiger partial charge in [0.05, 0.1) is 26.4 Å². The van der Waals surface area contributed by atoms with Crippen LogP contribution >= 0.6 is 15.6 Å². The van der Waals surface area contributed by atoms with Crippen LogP contribution in [-0.4, -0.2) is 96.7 Å². The first-order valence-electron chi connectivity index (χ1n) is 36.8. The summed E-state index contributed by atoms with van der Waals surface area (Å²) < 4.78 is 68.2. The summed E-state index contributed by atoms with van der Waals surface area (Å²) in [6.07, 6.45) is 52.8. The zero-order valence-electron chi connectivity index (χ0n) is 57.4. The molecular formula is C70H136O17P2. The van der Waals surface area contributed by atoms with Gasteiger partial charge in [-0.2, -0.15) is 0 Å². The lowest BCUT2D eigenvalue weighted by Gasteiger charge is -2.21. The number of rotatable bonds is 71. The van der Waals surface area contributed by atoms with E-state index in [2.05, 4.69) is 27.7 Å². The number of carbonyl (C=O) groups is 4. The summed E-state index contributed by atoms with van der Waals surface area (Å²) in [5.74, 6) is -2.12. The van der Waals surface area contributed by atoms with Crippen LogP contribution in [-0.2, 0) is 65.4 Å². The van der Waals surface area contributed by atoms with Crippen LogP contribution in [0.2, 0.25) is 0 Å². The third-order valence-electron chi connectivity index (χ3n) is 16.4. The standard InChI is InChI=1S/C70H136O17P2/c1-5-9-13-17-21-24-27-29-30-31-32-33-35-38-41-45-49-53-57-70(75)87-66(61-81-68(73)55-51-47-43-39-37-34-28-25-22-18-14-10-6-2)63-85-89(78,79)83-59-64(71)58-82-88(76,77)84-62-65(60-80-67(72)54-50-46-42-20-16-12-8-4)86-69(74)56-52-48-44-40-36-26-23-19-15-11-7-3/h64-66,71H,5-63H2,1-4H3,(H,76,77)(H,78,79)/t64-,65+,66+/m0/s1. The summed E-state index contributed by atoms with van der Waals surface area (Å²) in [5, 5.41) is 10.6. The zero-order chi connectivity index (χ0) is 65.4. The molecule has 0 saturated heterocycles. The van der Waals surface area contributed by atoms with Crippen molar-refractivity contribution in [2.24, 2.45) is 0 Å². The van der Waals surface area contributed by atoms with Crippen LogP contribution in [0.15, 0.2) is 0 Å². The van der Waals surface area contributed by atoms with E-state index in [1.54, 1.807) is 0 Å². The molecule has 0 aliphatic rings. The Kier molecular flexibility index (Phi) is 63.3. The molecule has 89 heavy (non-hydrogen) atoms. The van der Waals surface area contributed by atoms with Crippen LogP contribution in [0, 0.1) is 0 Å². The highest BCUT2D eigenvalue weighted by atomic mass is 31.2. The summed E-state index contributed by atoms with van der Waals surface area (Å²) in [5.41, 5.74) is 0. The molecule has 0 saturated carbocycles. The monoisotopic (exact) mass is 1310 g/mol. The number of phosphoric acid groups is 2. The first-order valence-corrected chi connectivity index (χ1v) is 39.8. The smallest absolute Gasteiger partial charge is 0.462 e. The van der Waals surface area contributed by atoms with Gasteiger partial charge in [-0.1, -0.05) is 317 Å². The number of unbranched alkanes of at least 4 members (excludes halogenated alkanes) is 45. The molecule has 0 heterocycles. The molecule has 0 aromatic heterocycles. The topological polar surface area (TPSA) is 237 Å². The lowest BCUT2D eigenvalue weighted by atomic mass is 10.0. The highest BCUT2D eigenvalue weighted by Gasteiger charge is 2.30. The van der Waals surface area contributed by atoms with Gasteiger partial charge in [-0.25, -0.2) is 9.13 Å². The molecule has 0 bridgehead atoms. The van der Waals surface area contributed by atoms with Crippen LogP contribution in [0.4, 0.5) is 0 Å². The lowest BCUT2D eigenvalue weighted by molar-refractivity contribution is -0.161. The van der Waals surface area contributed by atoms with E-state index in [0.29, 0.717) is 25.7 Å². The summed E-state index contributed by atoms with van der Waals surface area (Å²) in [6.45, 7) is 4.91. The maximum Gasteiger partial charge on any atom is 0.472 e. The first kappa shape index (κ1) is 87.1. The molecule has 0 aliphatic carbocycles. The maximum absolute atomic E-state index is 13.0. The third-order valence-corrected chi connectivity index (χ3v) is 18.3. The fraction of sp³-hybridized carbons (Fsp3) is 0.943. The van der Waals surface area contributed by atoms with Gasteiger partial charge in [0.1, 0.15) is 19.3 Å². The highest BCUT2D eigenvalue weighted by Crippen LogP contribution is 2.45. The fourth-order valence-electron chi connectivity index (χ4n) is 10.7. The van der Waals surface area contributed by atoms with Gasteiger partial charge in [0.2, 0.25) is 0 Å². The number of carbonyl (C=O) groups excluding carboxylic acids is 4. The second-order valence-electron chi connectivity index (χ2n) is 25.3. The number of phosphoric ester groups is 2. The van der Waals surface area contributed by atoms with E-state index in [-0.39, 0.29) is 25.7 Å². The van der Waals surface area contributed by atoms with Gasteiger partial charge in [-0.3, -0.25) is 37.3 Å². The van der Waals surface area contributed by atoms with E-state index in [1.165, 1.54) is 186 Å². The number of aliphatic hydroxyl groups is 1.